The molecule has 0 bridgehead atoms. The molecule has 0 radical (unpaired) electrons. The van der Waals surface area contributed by atoms with Crippen LogP contribution >= 0.6 is 0 Å². The van der Waals surface area contributed by atoms with Crippen molar-refractivity contribution in [2.45, 2.75) is 44.8 Å². The third-order valence-corrected chi connectivity index (χ3v) is 5.30. The van der Waals surface area contributed by atoms with Gasteiger partial charge in [0.25, 0.3) is 5.91 Å². The average molecular weight is 341 g/mol. The average Bonchev–Trinajstić information content (AvgIpc) is 3.24. The van der Waals surface area contributed by atoms with Gasteiger partial charge in [0.1, 0.15) is 5.75 Å². The van der Waals surface area contributed by atoms with Gasteiger partial charge in [-0.25, -0.2) is 0 Å². The molecule has 2 aromatic rings. The van der Waals surface area contributed by atoms with Crippen molar-refractivity contribution >= 4 is 5.91 Å². The molecule has 3 N–H and O–H groups in total. The number of carbonyl (C=O) groups is 1. The molecule has 6 nitrogen and oxygen atoms in total. The van der Waals surface area contributed by atoms with E-state index in [1.54, 1.807) is 6.20 Å². The Morgan fingerprint density at radius 1 is 1.48 bits per heavy atom. The summed E-state index contributed by atoms with van der Waals surface area (Å²) in [5, 5.41) is 19.8. The fraction of sp³-hybridized carbons (Fsp3) is 0.474. The molecule has 1 aliphatic heterocycles. The van der Waals surface area contributed by atoms with E-state index in [1.807, 2.05) is 19.1 Å². The second kappa shape index (κ2) is 6.52. The number of H-pyrrole nitrogens is 1. The number of nitrogens with zero attached hydrogens (tertiary/aromatic N) is 1. The van der Waals surface area contributed by atoms with E-state index in [-0.39, 0.29) is 24.0 Å². The number of hydrogen-bond acceptors (Lipinski definition) is 4. The van der Waals surface area contributed by atoms with Crippen molar-refractivity contribution in [2.24, 2.45) is 5.92 Å². The summed E-state index contributed by atoms with van der Waals surface area (Å²) < 4.78 is 5.58. The Morgan fingerprint density at radius 2 is 2.32 bits per heavy atom. The van der Waals surface area contributed by atoms with Crippen LogP contribution in [0.25, 0.3) is 0 Å². The molecule has 1 amide bonds. The number of hydrogen-bond donors (Lipinski definition) is 3. The lowest BCUT2D eigenvalue weighted by Gasteiger charge is -2.38. The number of fused-ring (bicyclic) bond motifs is 1. The van der Waals surface area contributed by atoms with E-state index in [9.17, 15) is 9.90 Å². The smallest absolute Gasteiger partial charge is 0.255 e. The highest BCUT2D eigenvalue weighted by molar-refractivity contribution is 5.95. The molecule has 1 aliphatic carbocycles. The van der Waals surface area contributed by atoms with E-state index < -0.39 is 0 Å². The van der Waals surface area contributed by atoms with Gasteiger partial charge in [0, 0.05) is 12.1 Å². The van der Waals surface area contributed by atoms with Gasteiger partial charge < -0.3 is 15.2 Å². The zero-order chi connectivity index (χ0) is 17.4. The van der Waals surface area contributed by atoms with E-state index >= 15 is 0 Å². The lowest BCUT2D eigenvalue weighted by atomic mass is 9.74. The zero-order valence-electron chi connectivity index (χ0n) is 14.3. The van der Waals surface area contributed by atoms with Gasteiger partial charge in [-0.2, -0.15) is 5.10 Å². The molecule has 4 rings (SSSR count). The summed E-state index contributed by atoms with van der Waals surface area (Å²) in [5.41, 5.74) is 3.70. The van der Waals surface area contributed by atoms with Gasteiger partial charge in [0.2, 0.25) is 0 Å². The number of ether oxygens (including phenoxy) is 1. The molecule has 2 aliphatic rings. The minimum absolute atomic E-state index is 0.110. The number of aliphatic hydroxyl groups excluding tert-OH is 1. The van der Waals surface area contributed by atoms with Crippen LogP contribution in [0, 0.1) is 5.92 Å². The van der Waals surface area contributed by atoms with E-state index in [0.717, 1.165) is 29.8 Å². The molecule has 1 aromatic heterocycles. The maximum Gasteiger partial charge on any atom is 0.255 e. The van der Waals surface area contributed by atoms with Gasteiger partial charge in [-0.05, 0) is 48.4 Å². The standard InChI is InChI=1S/C19H23N3O3/c1-2-16-15(10-20-22-16)19(24)21-18(13-8-14(23)9-13)12-3-4-17-11(7-12)5-6-25-17/h3-4,7,10,13-14,18,23H,2,5-6,8-9H2,1H3,(H,20,22)(H,21,24)/t13?,14?,18-/m0/s1. The second-order valence-corrected chi connectivity index (χ2v) is 6.92. The fourth-order valence-electron chi connectivity index (χ4n) is 3.77. The molecule has 25 heavy (non-hydrogen) atoms. The third kappa shape index (κ3) is 3.02. The number of amides is 1. The first-order valence-corrected chi connectivity index (χ1v) is 8.92. The first-order valence-electron chi connectivity index (χ1n) is 8.92. The normalized spacial score (nSPS) is 22.6. The van der Waals surface area contributed by atoms with Crippen LogP contribution in [-0.2, 0) is 12.8 Å². The summed E-state index contributed by atoms with van der Waals surface area (Å²) in [6, 6.07) is 6.03. The maximum absolute atomic E-state index is 12.8. The molecule has 132 valence electrons. The van der Waals surface area contributed by atoms with Crippen molar-refractivity contribution in [3.63, 3.8) is 0 Å². The van der Waals surface area contributed by atoms with Crippen LogP contribution in [0.2, 0.25) is 0 Å². The summed E-state index contributed by atoms with van der Waals surface area (Å²) in [7, 11) is 0. The topological polar surface area (TPSA) is 87.2 Å². The molecule has 1 aromatic carbocycles. The van der Waals surface area contributed by atoms with Crippen molar-refractivity contribution in [3.8, 4) is 5.75 Å². The molecular formula is C19H23N3O3. The number of aromatic nitrogens is 2. The van der Waals surface area contributed by atoms with Crippen LogP contribution < -0.4 is 10.1 Å². The van der Waals surface area contributed by atoms with Crippen molar-refractivity contribution in [1.82, 2.24) is 15.5 Å². The van der Waals surface area contributed by atoms with Gasteiger partial charge in [0.05, 0.1) is 30.5 Å². The van der Waals surface area contributed by atoms with Crippen molar-refractivity contribution in [1.29, 1.82) is 0 Å². The fourth-order valence-corrected chi connectivity index (χ4v) is 3.77. The Bertz CT molecular complexity index is 780. The minimum atomic E-state index is -0.262. The molecule has 0 saturated heterocycles. The van der Waals surface area contributed by atoms with E-state index in [1.165, 1.54) is 5.56 Å². The van der Waals surface area contributed by atoms with Crippen LogP contribution in [0.1, 0.15) is 53.0 Å². The van der Waals surface area contributed by atoms with Gasteiger partial charge in [-0.15, -0.1) is 0 Å². The lowest BCUT2D eigenvalue weighted by molar-refractivity contribution is 0.0235. The number of rotatable bonds is 5. The van der Waals surface area contributed by atoms with Crippen molar-refractivity contribution in [2.75, 3.05) is 6.61 Å². The van der Waals surface area contributed by atoms with Crippen molar-refractivity contribution in [3.05, 3.63) is 46.8 Å². The number of nitrogens with one attached hydrogen (secondary N) is 2. The van der Waals surface area contributed by atoms with E-state index in [2.05, 4.69) is 21.6 Å². The highest BCUT2D eigenvalue weighted by Gasteiger charge is 2.36. The van der Waals surface area contributed by atoms with Crippen molar-refractivity contribution < 1.29 is 14.6 Å². The maximum atomic E-state index is 12.8. The van der Waals surface area contributed by atoms with Gasteiger partial charge in [-0.3, -0.25) is 9.89 Å². The summed E-state index contributed by atoms with van der Waals surface area (Å²) in [6.07, 6.45) is 4.37. The summed E-state index contributed by atoms with van der Waals surface area (Å²) in [6.45, 7) is 2.71. The number of benzene rings is 1. The van der Waals surface area contributed by atoms with E-state index in [0.29, 0.717) is 25.0 Å². The molecule has 0 unspecified atom stereocenters. The van der Waals surface area contributed by atoms with E-state index in [4.69, 9.17) is 4.74 Å². The molecule has 1 saturated carbocycles. The predicted molar refractivity (Wildman–Crippen MR) is 92.5 cm³/mol. The van der Waals surface area contributed by atoms with Crippen LogP contribution in [-0.4, -0.2) is 33.9 Å². The van der Waals surface area contributed by atoms with Crippen LogP contribution in [0.3, 0.4) is 0 Å². The van der Waals surface area contributed by atoms with Gasteiger partial charge >= 0.3 is 0 Å². The quantitative estimate of drug-likeness (QED) is 0.778. The first kappa shape index (κ1) is 16.1. The minimum Gasteiger partial charge on any atom is -0.493 e. The monoisotopic (exact) mass is 341 g/mol. The Hall–Kier alpha value is -2.34. The Kier molecular flexibility index (Phi) is 4.21. The Labute approximate surface area is 146 Å². The molecule has 0 spiro atoms. The molecule has 1 fully saturated rings. The van der Waals surface area contributed by atoms with Crippen LogP contribution in [0.15, 0.2) is 24.4 Å². The number of carbonyl (C=O) groups excluding carboxylic acids is 1. The van der Waals surface area contributed by atoms with Gasteiger partial charge in [-0.1, -0.05) is 13.0 Å². The van der Waals surface area contributed by atoms with Gasteiger partial charge in [0.15, 0.2) is 0 Å². The molecule has 6 heteroatoms. The molecular weight excluding hydrogens is 318 g/mol. The van der Waals surface area contributed by atoms with Crippen LogP contribution in [0.5, 0.6) is 5.75 Å². The largest absolute Gasteiger partial charge is 0.493 e. The second-order valence-electron chi connectivity index (χ2n) is 6.92. The highest BCUT2D eigenvalue weighted by atomic mass is 16.5. The molecule has 2 heterocycles. The lowest BCUT2D eigenvalue weighted by Crippen LogP contribution is -2.41. The zero-order valence-corrected chi connectivity index (χ0v) is 14.3. The number of aliphatic hydroxyl groups is 1. The SMILES string of the molecule is CCc1[nH]ncc1C(=O)N[C@@H](c1ccc2c(c1)CCO2)C1CC(O)C1. The number of aryl methyl sites for hydroxylation is 1. The predicted octanol–water partition coefficient (Wildman–Crippen LogP) is 2.15. The molecule has 1 atom stereocenters. The summed E-state index contributed by atoms with van der Waals surface area (Å²) >= 11 is 0. The summed E-state index contributed by atoms with van der Waals surface area (Å²) in [5.74, 6) is 1.07. The van der Waals surface area contributed by atoms with Crippen LogP contribution in [0.4, 0.5) is 0 Å². The highest BCUT2D eigenvalue weighted by Crippen LogP contribution is 2.40. The third-order valence-electron chi connectivity index (χ3n) is 5.30. The first-order chi connectivity index (χ1) is 12.2. The number of aromatic amines is 1. The Morgan fingerprint density at radius 3 is 3.08 bits per heavy atom. The Balaban J connectivity index is 1.59. The summed E-state index contributed by atoms with van der Waals surface area (Å²) in [4.78, 5) is 12.8.